The lowest BCUT2D eigenvalue weighted by atomic mass is 10.1. The zero-order valence-corrected chi connectivity index (χ0v) is 8.90. The van der Waals surface area contributed by atoms with Gasteiger partial charge in [0.05, 0.1) is 6.04 Å². The summed E-state index contributed by atoms with van der Waals surface area (Å²) in [6.07, 6.45) is 6.19. The number of likely N-dealkylation sites (tertiary alicyclic amines) is 1. The van der Waals surface area contributed by atoms with Crippen LogP contribution in [0, 0.1) is 5.92 Å². The molecule has 2 rings (SSSR count). The molecule has 0 aromatic rings. The van der Waals surface area contributed by atoms with Crippen molar-refractivity contribution >= 4 is 11.8 Å². The third-order valence-electron chi connectivity index (χ3n) is 3.07. The molecule has 1 unspecified atom stereocenters. The Kier molecular flexibility index (Phi) is 2.75. The van der Waals surface area contributed by atoms with Crippen LogP contribution in [0.5, 0.6) is 0 Å². The lowest BCUT2D eigenvalue weighted by molar-refractivity contribution is -0.126. The minimum absolute atomic E-state index is 0.00981. The Balaban J connectivity index is 1.82. The van der Waals surface area contributed by atoms with Crippen molar-refractivity contribution in [3.05, 3.63) is 12.2 Å². The van der Waals surface area contributed by atoms with Gasteiger partial charge in [-0.2, -0.15) is 0 Å². The van der Waals surface area contributed by atoms with Crippen LogP contribution in [0.3, 0.4) is 0 Å². The van der Waals surface area contributed by atoms with Crippen LogP contribution in [-0.4, -0.2) is 36.3 Å². The summed E-state index contributed by atoms with van der Waals surface area (Å²) in [5.41, 5.74) is 0. The lowest BCUT2D eigenvalue weighted by Gasteiger charge is -2.15. The van der Waals surface area contributed by atoms with Crippen molar-refractivity contribution in [1.29, 1.82) is 0 Å². The molecule has 1 aliphatic heterocycles. The molecule has 82 valence electrons. The summed E-state index contributed by atoms with van der Waals surface area (Å²) < 4.78 is 0. The summed E-state index contributed by atoms with van der Waals surface area (Å²) >= 11 is 0. The summed E-state index contributed by atoms with van der Waals surface area (Å²) in [6.45, 7) is 0.644. The van der Waals surface area contributed by atoms with E-state index < -0.39 is 0 Å². The summed E-state index contributed by atoms with van der Waals surface area (Å²) in [6, 6.07) is 0.00981. The average molecular weight is 208 g/mol. The number of hydrogen-bond donors (Lipinski definition) is 1. The lowest BCUT2D eigenvalue weighted by Crippen LogP contribution is -2.39. The van der Waals surface area contributed by atoms with Crippen LogP contribution < -0.4 is 5.32 Å². The number of carbonyl (C=O) groups is 2. The van der Waals surface area contributed by atoms with Gasteiger partial charge in [0.1, 0.15) is 0 Å². The van der Waals surface area contributed by atoms with Crippen LogP contribution in [0.15, 0.2) is 12.2 Å². The van der Waals surface area contributed by atoms with Crippen molar-refractivity contribution in [2.75, 3.05) is 13.6 Å². The van der Waals surface area contributed by atoms with E-state index in [1.165, 1.54) is 0 Å². The van der Waals surface area contributed by atoms with E-state index in [2.05, 4.69) is 5.32 Å². The molecule has 1 heterocycles. The Hall–Kier alpha value is -1.32. The van der Waals surface area contributed by atoms with Crippen molar-refractivity contribution in [3.63, 3.8) is 0 Å². The molecule has 1 N–H and O–H groups in total. The first kappa shape index (κ1) is 10.2. The number of nitrogens with one attached hydrogen (secondary N) is 1. The van der Waals surface area contributed by atoms with Crippen molar-refractivity contribution < 1.29 is 9.59 Å². The highest BCUT2D eigenvalue weighted by Gasteiger charge is 2.29. The quantitative estimate of drug-likeness (QED) is 0.663. The molecule has 2 amide bonds. The Bertz CT molecular complexity index is 304. The number of likely N-dealkylation sites (N-methyl/N-ethyl adjacent to an activating group) is 1. The molecule has 1 aliphatic carbocycles. The van der Waals surface area contributed by atoms with E-state index in [1.807, 2.05) is 12.2 Å². The highest BCUT2D eigenvalue weighted by atomic mass is 16.2. The molecule has 1 fully saturated rings. The van der Waals surface area contributed by atoms with Gasteiger partial charge in [-0.3, -0.25) is 9.59 Å². The van der Waals surface area contributed by atoms with Crippen molar-refractivity contribution in [2.24, 2.45) is 5.92 Å². The second-order valence-corrected chi connectivity index (χ2v) is 4.32. The third kappa shape index (κ3) is 2.19. The zero-order chi connectivity index (χ0) is 10.8. The summed E-state index contributed by atoms with van der Waals surface area (Å²) in [4.78, 5) is 24.6. The average Bonchev–Trinajstić information content (AvgIpc) is 2.77. The highest BCUT2D eigenvalue weighted by Crippen LogP contribution is 2.18. The van der Waals surface area contributed by atoms with E-state index in [9.17, 15) is 9.59 Å². The van der Waals surface area contributed by atoms with Crippen LogP contribution in [-0.2, 0) is 9.59 Å². The fraction of sp³-hybridized carbons (Fsp3) is 0.636. The van der Waals surface area contributed by atoms with E-state index in [1.54, 1.807) is 11.9 Å². The van der Waals surface area contributed by atoms with Crippen LogP contribution in [0.2, 0.25) is 0 Å². The molecule has 0 radical (unpaired) electrons. The fourth-order valence-corrected chi connectivity index (χ4v) is 2.11. The number of carbonyl (C=O) groups excluding carboxylic acids is 2. The Morgan fingerprint density at radius 1 is 1.47 bits per heavy atom. The normalized spacial score (nSPS) is 26.3. The number of allylic oxidation sites excluding steroid dienone is 2. The summed E-state index contributed by atoms with van der Waals surface area (Å²) in [5.74, 6) is 0.295. The molecule has 0 aromatic heterocycles. The monoisotopic (exact) mass is 208 g/mol. The van der Waals surface area contributed by atoms with Gasteiger partial charge in [0.2, 0.25) is 11.8 Å². The van der Waals surface area contributed by atoms with Gasteiger partial charge in [0.15, 0.2) is 0 Å². The second kappa shape index (κ2) is 4.04. The molecule has 1 atom stereocenters. The highest BCUT2D eigenvalue weighted by molar-refractivity contribution is 5.83. The second-order valence-electron chi connectivity index (χ2n) is 4.32. The van der Waals surface area contributed by atoms with Crippen LogP contribution in [0.4, 0.5) is 0 Å². The van der Waals surface area contributed by atoms with Crippen LogP contribution in [0.25, 0.3) is 0 Å². The van der Waals surface area contributed by atoms with E-state index >= 15 is 0 Å². The predicted octanol–water partition coefficient (Wildman–Crippen LogP) is 0.299. The molecule has 1 saturated heterocycles. The molecule has 0 aromatic carbocycles. The minimum atomic E-state index is 0.00981. The summed E-state index contributed by atoms with van der Waals surface area (Å²) in [7, 11) is 1.77. The topological polar surface area (TPSA) is 49.4 Å². The molecule has 4 heteroatoms. The van der Waals surface area contributed by atoms with Gasteiger partial charge in [-0.05, 0) is 12.8 Å². The van der Waals surface area contributed by atoms with Gasteiger partial charge in [0, 0.05) is 25.9 Å². The third-order valence-corrected chi connectivity index (χ3v) is 3.07. The molecule has 2 aliphatic rings. The SMILES string of the molecule is CN1CC(NC(=O)C2CC=CC2)CC1=O. The van der Waals surface area contributed by atoms with Crippen LogP contribution >= 0.6 is 0 Å². The maximum atomic E-state index is 11.7. The van der Waals surface area contributed by atoms with Gasteiger partial charge in [-0.15, -0.1) is 0 Å². The minimum Gasteiger partial charge on any atom is -0.351 e. The number of amides is 2. The number of rotatable bonds is 2. The molecule has 0 saturated carbocycles. The van der Waals surface area contributed by atoms with Crippen molar-refractivity contribution in [2.45, 2.75) is 25.3 Å². The van der Waals surface area contributed by atoms with Gasteiger partial charge >= 0.3 is 0 Å². The Morgan fingerprint density at radius 3 is 2.67 bits per heavy atom. The van der Waals surface area contributed by atoms with E-state index in [0.717, 1.165) is 12.8 Å². The largest absolute Gasteiger partial charge is 0.351 e. The molecule has 4 nitrogen and oxygen atoms in total. The van der Waals surface area contributed by atoms with Gasteiger partial charge < -0.3 is 10.2 Å². The van der Waals surface area contributed by atoms with E-state index in [0.29, 0.717) is 13.0 Å². The zero-order valence-electron chi connectivity index (χ0n) is 8.90. The standard InChI is InChI=1S/C11H16N2O2/c1-13-7-9(6-10(13)14)12-11(15)8-4-2-3-5-8/h2-3,8-9H,4-7H2,1H3,(H,12,15). The first-order chi connectivity index (χ1) is 7.16. The van der Waals surface area contributed by atoms with Gasteiger partial charge in [-0.25, -0.2) is 0 Å². The van der Waals surface area contributed by atoms with Crippen LogP contribution in [0.1, 0.15) is 19.3 Å². The van der Waals surface area contributed by atoms with Crippen molar-refractivity contribution in [3.8, 4) is 0 Å². The molecular formula is C11H16N2O2. The smallest absolute Gasteiger partial charge is 0.224 e. The van der Waals surface area contributed by atoms with Gasteiger partial charge in [-0.1, -0.05) is 12.2 Å². The van der Waals surface area contributed by atoms with Gasteiger partial charge in [0.25, 0.3) is 0 Å². The Morgan fingerprint density at radius 2 is 2.13 bits per heavy atom. The maximum absolute atomic E-state index is 11.7. The first-order valence-electron chi connectivity index (χ1n) is 5.36. The first-order valence-corrected chi connectivity index (χ1v) is 5.36. The fourth-order valence-electron chi connectivity index (χ4n) is 2.11. The molecule has 0 spiro atoms. The number of hydrogen-bond acceptors (Lipinski definition) is 2. The number of nitrogens with zero attached hydrogens (tertiary/aromatic N) is 1. The molecular weight excluding hydrogens is 192 g/mol. The maximum Gasteiger partial charge on any atom is 0.224 e. The Labute approximate surface area is 89.3 Å². The van der Waals surface area contributed by atoms with Crippen molar-refractivity contribution in [1.82, 2.24) is 10.2 Å². The summed E-state index contributed by atoms with van der Waals surface area (Å²) in [5, 5.41) is 2.94. The predicted molar refractivity (Wildman–Crippen MR) is 56.0 cm³/mol. The molecule has 15 heavy (non-hydrogen) atoms. The van der Waals surface area contributed by atoms with E-state index in [4.69, 9.17) is 0 Å². The molecule has 0 bridgehead atoms. The van der Waals surface area contributed by atoms with E-state index in [-0.39, 0.29) is 23.8 Å².